The van der Waals surface area contributed by atoms with Gasteiger partial charge in [0.25, 0.3) is 0 Å². The standard InChI is InChI=1S/C22H32N2O2/c1-17-8-10-18(11-9-17)22(26)19-12-14-24(15-13-19)16-21(25)23(2)20-6-4-3-5-7-20/h8-11,19-20H,3-7,12-16H2,1-2H3. The molecule has 3 rings (SSSR count). The van der Waals surface area contributed by atoms with Crippen molar-refractivity contribution in [1.82, 2.24) is 9.80 Å². The lowest BCUT2D eigenvalue weighted by molar-refractivity contribution is -0.134. The number of hydrogen-bond acceptors (Lipinski definition) is 3. The van der Waals surface area contributed by atoms with Gasteiger partial charge in [-0.15, -0.1) is 0 Å². The van der Waals surface area contributed by atoms with Crippen LogP contribution in [0.15, 0.2) is 24.3 Å². The van der Waals surface area contributed by atoms with E-state index >= 15 is 0 Å². The number of amides is 1. The Bertz CT molecular complexity index is 612. The molecule has 0 spiro atoms. The van der Waals surface area contributed by atoms with E-state index in [2.05, 4.69) is 4.90 Å². The van der Waals surface area contributed by atoms with Crippen LogP contribution in [0.1, 0.15) is 60.9 Å². The van der Waals surface area contributed by atoms with E-state index in [1.54, 1.807) is 0 Å². The van der Waals surface area contributed by atoms with E-state index in [0.29, 0.717) is 12.6 Å². The molecule has 1 aliphatic carbocycles. The van der Waals surface area contributed by atoms with Crippen molar-refractivity contribution in [3.63, 3.8) is 0 Å². The van der Waals surface area contributed by atoms with Crippen molar-refractivity contribution in [1.29, 1.82) is 0 Å². The molecule has 2 fully saturated rings. The topological polar surface area (TPSA) is 40.6 Å². The van der Waals surface area contributed by atoms with Gasteiger partial charge < -0.3 is 4.90 Å². The molecule has 1 amide bonds. The number of piperidine rings is 1. The maximum absolute atomic E-state index is 12.7. The van der Waals surface area contributed by atoms with Gasteiger partial charge in [-0.1, -0.05) is 49.1 Å². The lowest BCUT2D eigenvalue weighted by Crippen LogP contribution is -2.46. The molecule has 4 heteroatoms. The van der Waals surface area contributed by atoms with Gasteiger partial charge in [-0.25, -0.2) is 0 Å². The average molecular weight is 357 g/mol. The highest BCUT2D eigenvalue weighted by atomic mass is 16.2. The zero-order chi connectivity index (χ0) is 18.5. The summed E-state index contributed by atoms with van der Waals surface area (Å²) >= 11 is 0. The molecular formula is C22H32N2O2. The molecule has 0 unspecified atom stereocenters. The van der Waals surface area contributed by atoms with Crippen molar-refractivity contribution in [2.45, 2.75) is 57.9 Å². The van der Waals surface area contributed by atoms with Gasteiger partial charge >= 0.3 is 0 Å². The highest BCUT2D eigenvalue weighted by Crippen LogP contribution is 2.24. The van der Waals surface area contributed by atoms with Crippen LogP contribution < -0.4 is 0 Å². The van der Waals surface area contributed by atoms with Gasteiger partial charge in [-0.2, -0.15) is 0 Å². The Morgan fingerprint density at radius 1 is 1.00 bits per heavy atom. The maximum atomic E-state index is 12.7. The van der Waals surface area contributed by atoms with E-state index < -0.39 is 0 Å². The number of ketones is 1. The van der Waals surface area contributed by atoms with Crippen LogP contribution in [0.2, 0.25) is 0 Å². The molecule has 1 heterocycles. The molecule has 1 aliphatic heterocycles. The van der Waals surface area contributed by atoms with Crippen molar-refractivity contribution < 1.29 is 9.59 Å². The number of likely N-dealkylation sites (N-methyl/N-ethyl adjacent to an activating group) is 1. The number of nitrogens with zero attached hydrogens (tertiary/aromatic N) is 2. The van der Waals surface area contributed by atoms with Crippen molar-refractivity contribution in [3.8, 4) is 0 Å². The quantitative estimate of drug-likeness (QED) is 0.756. The van der Waals surface area contributed by atoms with Crippen LogP contribution >= 0.6 is 0 Å². The van der Waals surface area contributed by atoms with Crippen LogP contribution in [-0.4, -0.2) is 54.2 Å². The van der Waals surface area contributed by atoms with Crippen LogP contribution in [0.4, 0.5) is 0 Å². The minimum atomic E-state index is 0.0973. The summed E-state index contributed by atoms with van der Waals surface area (Å²) in [7, 11) is 1.96. The number of benzene rings is 1. The minimum absolute atomic E-state index is 0.0973. The second kappa shape index (κ2) is 8.81. The number of aryl methyl sites for hydroxylation is 1. The molecule has 4 nitrogen and oxygen atoms in total. The predicted octanol–water partition coefficient (Wildman–Crippen LogP) is 3.68. The summed E-state index contributed by atoms with van der Waals surface area (Å²) in [6.45, 7) is 4.21. The molecule has 142 valence electrons. The SMILES string of the molecule is Cc1ccc(C(=O)C2CCN(CC(=O)N(C)C3CCCCC3)CC2)cc1. The van der Waals surface area contributed by atoms with E-state index in [9.17, 15) is 9.59 Å². The molecule has 1 saturated carbocycles. The van der Waals surface area contributed by atoms with Crippen LogP contribution in [0, 0.1) is 12.8 Å². The fraction of sp³-hybridized carbons (Fsp3) is 0.636. The van der Waals surface area contributed by atoms with Gasteiger partial charge in [0.05, 0.1) is 6.54 Å². The molecular weight excluding hydrogens is 324 g/mol. The number of likely N-dealkylation sites (tertiary alicyclic amines) is 1. The number of Topliss-reactive ketones (excluding diaryl/α,β-unsaturated/α-hetero) is 1. The summed E-state index contributed by atoms with van der Waals surface area (Å²) in [5.74, 6) is 0.593. The van der Waals surface area contributed by atoms with Crippen molar-refractivity contribution in [2.24, 2.45) is 5.92 Å². The van der Waals surface area contributed by atoms with E-state index in [1.165, 1.54) is 24.8 Å². The van der Waals surface area contributed by atoms with Gasteiger partial charge in [0.1, 0.15) is 0 Å². The maximum Gasteiger partial charge on any atom is 0.236 e. The van der Waals surface area contributed by atoms with Gasteiger partial charge in [0.15, 0.2) is 5.78 Å². The number of rotatable bonds is 5. The molecule has 0 aromatic heterocycles. The summed E-state index contributed by atoms with van der Waals surface area (Å²) in [5, 5.41) is 0. The molecule has 26 heavy (non-hydrogen) atoms. The third kappa shape index (κ3) is 4.73. The van der Waals surface area contributed by atoms with Crippen LogP contribution in [-0.2, 0) is 4.79 Å². The van der Waals surface area contributed by atoms with Gasteiger partial charge in [0.2, 0.25) is 5.91 Å². The molecule has 1 aromatic carbocycles. The first-order chi connectivity index (χ1) is 12.5. The van der Waals surface area contributed by atoms with Crippen molar-refractivity contribution in [2.75, 3.05) is 26.7 Å². The first-order valence-electron chi connectivity index (χ1n) is 10.1. The fourth-order valence-electron chi connectivity index (χ4n) is 4.28. The molecule has 0 bridgehead atoms. The normalized spacial score (nSPS) is 20.1. The van der Waals surface area contributed by atoms with Crippen LogP contribution in [0.3, 0.4) is 0 Å². The zero-order valence-electron chi connectivity index (χ0n) is 16.2. The molecule has 1 saturated heterocycles. The molecule has 2 aliphatic rings. The Kier molecular flexibility index (Phi) is 6.47. The molecule has 0 atom stereocenters. The van der Waals surface area contributed by atoms with Crippen molar-refractivity contribution >= 4 is 11.7 Å². The summed E-state index contributed by atoms with van der Waals surface area (Å²) in [6, 6.07) is 8.31. The fourth-order valence-corrected chi connectivity index (χ4v) is 4.28. The predicted molar refractivity (Wildman–Crippen MR) is 104 cm³/mol. The third-order valence-corrected chi connectivity index (χ3v) is 6.17. The van der Waals surface area contributed by atoms with E-state index in [-0.39, 0.29) is 17.6 Å². The zero-order valence-corrected chi connectivity index (χ0v) is 16.2. The number of hydrogen-bond donors (Lipinski definition) is 0. The highest BCUT2D eigenvalue weighted by Gasteiger charge is 2.28. The lowest BCUT2D eigenvalue weighted by atomic mass is 9.88. The smallest absolute Gasteiger partial charge is 0.236 e. The van der Waals surface area contributed by atoms with E-state index in [1.807, 2.05) is 43.1 Å². The Morgan fingerprint density at radius 3 is 2.23 bits per heavy atom. The van der Waals surface area contributed by atoms with Crippen LogP contribution in [0.25, 0.3) is 0 Å². The Labute approximate surface area is 157 Å². The summed E-state index contributed by atoms with van der Waals surface area (Å²) in [6.07, 6.45) is 7.80. The minimum Gasteiger partial charge on any atom is -0.342 e. The summed E-state index contributed by atoms with van der Waals surface area (Å²) < 4.78 is 0. The van der Waals surface area contributed by atoms with Gasteiger partial charge in [-0.3, -0.25) is 14.5 Å². The monoisotopic (exact) mass is 356 g/mol. The van der Waals surface area contributed by atoms with E-state index in [0.717, 1.165) is 44.3 Å². The van der Waals surface area contributed by atoms with Crippen molar-refractivity contribution in [3.05, 3.63) is 35.4 Å². The average Bonchev–Trinajstić information content (AvgIpc) is 2.68. The molecule has 0 N–H and O–H groups in total. The third-order valence-electron chi connectivity index (χ3n) is 6.17. The largest absolute Gasteiger partial charge is 0.342 e. The first-order valence-corrected chi connectivity index (χ1v) is 10.1. The summed E-state index contributed by atoms with van der Waals surface area (Å²) in [4.78, 5) is 29.5. The molecule has 0 radical (unpaired) electrons. The Balaban J connectivity index is 1.46. The van der Waals surface area contributed by atoms with E-state index in [4.69, 9.17) is 0 Å². The Morgan fingerprint density at radius 2 is 1.62 bits per heavy atom. The van der Waals surface area contributed by atoms with Crippen LogP contribution in [0.5, 0.6) is 0 Å². The Hall–Kier alpha value is -1.68. The number of carbonyl (C=O) groups excluding carboxylic acids is 2. The summed E-state index contributed by atoms with van der Waals surface area (Å²) in [5.41, 5.74) is 2.00. The highest BCUT2D eigenvalue weighted by molar-refractivity contribution is 5.97. The second-order valence-electron chi connectivity index (χ2n) is 8.08. The van der Waals surface area contributed by atoms with Gasteiger partial charge in [-0.05, 0) is 45.7 Å². The lowest BCUT2D eigenvalue weighted by Gasteiger charge is -2.35. The first kappa shape index (κ1) is 19.1. The molecule has 1 aromatic rings. The van der Waals surface area contributed by atoms with Gasteiger partial charge in [0, 0.05) is 24.6 Å². The number of carbonyl (C=O) groups is 2. The second-order valence-corrected chi connectivity index (χ2v) is 8.08.